The van der Waals surface area contributed by atoms with E-state index in [1.165, 1.54) is 11.3 Å². The van der Waals surface area contributed by atoms with Crippen LogP contribution in [0.5, 0.6) is 0 Å². The maximum Gasteiger partial charge on any atom is 0.204 e. The molecule has 1 aliphatic heterocycles. The molecular formula is C24H16N2O2S. The number of carbonyl (C=O) groups excluding carboxylic acids is 1. The van der Waals surface area contributed by atoms with E-state index >= 15 is 0 Å². The number of hydrogen-bond acceptors (Lipinski definition) is 4. The number of rotatable bonds is 4. The van der Waals surface area contributed by atoms with Gasteiger partial charge < -0.3 is 9.72 Å². The highest BCUT2D eigenvalue weighted by Gasteiger charge is 2.44. The first-order chi connectivity index (χ1) is 14.3. The van der Waals surface area contributed by atoms with Gasteiger partial charge in [0.1, 0.15) is 5.76 Å². The minimum atomic E-state index is -0.769. The third-order valence-electron chi connectivity index (χ3n) is 5.22. The summed E-state index contributed by atoms with van der Waals surface area (Å²) in [5, 5.41) is 13.0. The van der Waals surface area contributed by atoms with E-state index in [1.807, 2.05) is 66.2 Å². The largest absolute Gasteiger partial charge is 0.479 e. The number of H-pyrrole nitrogens is 1. The Morgan fingerprint density at radius 1 is 1.03 bits per heavy atom. The Bertz CT molecular complexity index is 1260. The first-order valence-corrected chi connectivity index (χ1v) is 10.2. The number of fused-ring (bicyclic) bond motifs is 1. The molecule has 0 radical (unpaired) electrons. The van der Waals surface area contributed by atoms with E-state index in [0.29, 0.717) is 16.9 Å². The van der Waals surface area contributed by atoms with Crippen LogP contribution in [0.4, 0.5) is 0 Å². The van der Waals surface area contributed by atoms with Crippen molar-refractivity contribution >= 4 is 33.8 Å². The van der Waals surface area contributed by atoms with E-state index in [4.69, 9.17) is 4.74 Å². The van der Waals surface area contributed by atoms with Gasteiger partial charge in [0.15, 0.2) is 6.10 Å². The van der Waals surface area contributed by atoms with Crippen LogP contribution in [0.3, 0.4) is 0 Å². The van der Waals surface area contributed by atoms with Gasteiger partial charge in [0.2, 0.25) is 5.78 Å². The smallest absolute Gasteiger partial charge is 0.204 e. The molecular weight excluding hydrogens is 380 g/mol. The molecule has 2 atom stereocenters. The van der Waals surface area contributed by atoms with Gasteiger partial charge in [-0.05, 0) is 17.5 Å². The summed E-state index contributed by atoms with van der Waals surface area (Å²) in [5.74, 6) is -0.0550. The quantitative estimate of drug-likeness (QED) is 0.461. The van der Waals surface area contributed by atoms with Gasteiger partial charge in [0.05, 0.1) is 17.6 Å². The maximum absolute atomic E-state index is 13.3. The van der Waals surface area contributed by atoms with Crippen molar-refractivity contribution in [1.82, 2.24) is 4.98 Å². The number of benzene rings is 2. The number of para-hydroxylation sites is 1. The van der Waals surface area contributed by atoms with E-state index in [1.54, 1.807) is 12.1 Å². The summed E-state index contributed by atoms with van der Waals surface area (Å²) in [5.41, 5.74) is 2.84. The molecule has 4 nitrogen and oxygen atoms in total. The molecule has 5 heteroatoms. The lowest BCUT2D eigenvalue weighted by Crippen LogP contribution is -2.27. The molecule has 140 valence electrons. The van der Waals surface area contributed by atoms with Gasteiger partial charge in [-0.2, -0.15) is 5.26 Å². The van der Waals surface area contributed by atoms with Gasteiger partial charge >= 0.3 is 0 Å². The lowest BCUT2D eigenvalue weighted by atomic mass is 9.88. The first-order valence-electron chi connectivity index (χ1n) is 9.28. The number of hydrogen-bond donors (Lipinski definition) is 1. The van der Waals surface area contributed by atoms with Gasteiger partial charge in [-0.3, -0.25) is 4.79 Å². The fourth-order valence-electron chi connectivity index (χ4n) is 3.87. The summed E-state index contributed by atoms with van der Waals surface area (Å²) in [7, 11) is 0. The van der Waals surface area contributed by atoms with Crippen molar-refractivity contribution in [2.24, 2.45) is 0 Å². The first kappa shape index (κ1) is 17.5. The number of nitriles is 1. The summed E-state index contributed by atoms with van der Waals surface area (Å²) in [6, 6.07) is 23.2. The van der Waals surface area contributed by atoms with Crippen LogP contribution in [-0.4, -0.2) is 16.9 Å². The molecule has 0 spiro atoms. The Morgan fingerprint density at radius 3 is 2.59 bits per heavy atom. The highest BCUT2D eigenvalue weighted by Crippen LogP contribution is 2.46. The number of thiophene rings is 1. The minimum Gasteiger partial charge on any atom is -0.479 e. The molecule has 4 aromatic rings. The van der Waals surface area contributed by atoms with Crippen LogP contribution >= 0.6 is 11.3 Å². The molecule has 2 aromatic heterocycles. The zero-order valence-electron chi connectivity index (χ0n) is 15.3. The Kier molecular flexibility index (Phi) is 4.27. The molecule has 2 aromatic carbocycles. The molecule has 0 fully saturated rings. The molecule has 1 aliphatic rings. The fourth-order valence-corrected chi connectivity index (χ4v) is 4.73. The normalized spacial score (nSPS) is 18.6. The van der Waals surface area contributed by atoms with Crippen LogP contribution in [-0.2, 0) is 4.74 Å². The van der Waals surface area contributed by atoms with Gasteiger partial charge in [0, 0.05) is 33.1 Å². The molecule has 0 amide bonds. The van der Waals surface area contributed by atoms with E-state index in [9.17, 15) is 10.1 Å². The fraction of sp³-hybridized carbons (Fsp3) is 0.0833. The molecule has 0 aliphatic carbocycles. The Labute approximate surface area is 171 Å². The molecule has 29 heavy (non-hydrogen) atoms. The van der Waals surface area contributed by atoms with Crippen molar-refractivity contribution in [3.63, 3.8) is 0 Å². The predicted octanol–water partition coefficient (Wildman–Crippen LogP) is 5.53. The third kappa shape index (κ3) is 2.86. The number of aromatic amines is 1. The lowest BCUT2D eigenvalue weighted by molar-refractivity contribution is 0.0756. The SMILES string of the molecule is N#CC1=C(c2c[nH]c3ccccc23)O[C@@H](C(=O)c2ccccc2)[C@@H]1c1cccs1. The summed E-state index contributed by atoms with van der Waals surface area (Å²) in [4.78, 5) is 17.5. The molecule has 0 unspecified atom stereocenters. The Morgan fingerprint density at radius 2 is 1.83 bits per heavy atom. The molecule has 1 N–H and O–H groups in total. The number of nitrogens with one attached hydrogen (secondary N) is 1. The lowest BCUT2D eigenvalue weighted by Gasteiger charge is -2.18. The summed E-state index contributed by atoms with van der Waals surface area (Å²) >= 11 is 1.53. The van der Waals surface area contributed by atoms with Crippen molar-refractivity contribution in [1.29, 1.82) is 5.26 Å². The third-order valence-corrected chi connectivity index (χ3v) is 6.18. The standard InChI is InChI=1S/C24H16N2O2S/c25-13-17-21(20-11-6-12-29-20)24(22(27)15-7-2-1-3-8-15)28-23(17)18-14-26-19-10-5-4-9-16(18)19/h1-12,14,21,24,26H/t21-,24+/m0/s1. The zero-order chi connectivity index (χ0) is 19.8. The van der Waals surface area contributed by atoms with Crippen molar-refractivity contribution < 1.29 is 9.53 Å². The van der Waals surface area contributed by atoms with Gasteiger partial charge in [-0.15, -0.1) is 11.3 Å². The highest BCUT2D eigenvalue weighted by molar-refractivity contribution is 7.10. The van der Waals surface area contributed by atoms with E-state index in [-0.39, 0.29) is 5.78 Å². The van der Waals surface area contributed by atoms with Crippen LogP contribution in [0.2, 0.25) is 0 Å². The number of Topliss-reactive ketones (excluding diaryl/α,β-unsaturated/α-hetero) is 1. The van der Waals surface area contributed by atoms with Crippen molar-refractivity contribution in [2.45, 2.75) is 12.0 Å². The number of carbonyl (C=O) groups is 1. The van der Waals surface area contributed by atoms with Gasteiger partial charge in [0.25, 0.3) is 0 Å². The number of ether oxygens (including phenoxy) is 1. The van der Waals surface area contributed by atoms with Crippen LogP contribution in [0.1, 0.15) is 26.7 Å². The van der Waals surface area contributed by atoms with Gasteiger partial charge in [-0.1, -0.05) is 54.6 Å². The zero-order valence-corrected chi connectivity index (χ0v) is 16.1. The van der Waals surface area contributed by atoms with Crippen LogP contribution < -0.4 is 0 Å². The van der Waals surface area contributed by atoms with E-state index in [2.05, 4.69) is 11.1 Å². The molecule has 0 saturated carbocycles. The van der Waals surface area contributed by atoms with Crippen LogP contribution in [0.25, 0.3) is 16.7 Å². The summed E-state index contributed by atoms with van der Waals surface area (Å²) in [6.07, 6.45) is 1.08. The average Bonchev–Trinajstić information content (AvgIpc) is 3.50. The number of ketones is 1. The summed E-state index contributed by atoms with van der Waals surface area (Å²) < 4.78 is 6.26. The highest BCUT2D eigenvalue weighted by atomic mass is 32.1. The summed E-state index contributed by atoms with van der Waals surface area (Å²) in [6.45, 7) is 0. The second-order valence-electron chi connectivity index (χ2n) is 6.86. The Hall–Kier alpha value is -3.62. The maximum atomic E-state index is 13.3. The molecule has 3 heterocycles. The van der Waals surface area contributed by atoms with Crippen LogP contribution in [0.15, 0.2) is 83.9 Å². The average molecular weight is 396 g/mol. The number of aromatic nitrogens is 1. The van der Waals surface area contributed by atoms with Crippen molar-refractivity contribution in [3.8, 4) is 6.07 Å². The second-order valence-corrected chi connectivity index (χ2v) is 7.84. The second kappa shape index (κ2) is 7.08. The number of nitrogens with zero attached hydrogens (tertiary/aromatic N) is 1. The Balaban J connectivity index is 1.66. The van der Waals surface area contributed by atoms with Crippen molar-refractivity contribution in [3.05, 3.63) is 99.9 Å². The van der Waals surface area contributed by atoms with E-state index < -0.39 is 12.0 Å². The predicted molar refractivity (Wildman–Crippen MR) is 114 cm³/mol. The molecule has 5 rings (SSSR count). The molecule has 0 bridgehead atoms. The topological polar surface area (TPSA) is 65.9 Å². The van der Waals surface area contributed by atoms with Crippen molar-refractivity contribution in [2.75, 3.05) is 0 Å². The van der Waals surface area contributed by atoms with E-state index in [0.717, 1.165) is 21.3 Å². The van der Waals surface area contributed by atoms with Crippen LogP contribution in [0, 0.1) is 11.3 Å². The van der Waals surface area contributed by atoms with Gasteiger partial charge in [-0.25, -0.2) is 0 Å². The molecule has 0 saturated heterocycles. The minimum absolute atomic E-state index is 0.119. The monoisotopic (exact) mass is 396 g/mol.